The van der Waals surface area contributed by atoms with Crippen LogP contribution in [0.2, 0.25) is 0 Å². The highest BCUT2D eigenvalue weighted by Crippen LogP contribution is 2.19. The van der Waals surface area contributed by atoms with Gasteiger partial charge in [0.05, 0.1) is 0 Å². The summed E-state index contributed by atoms with van der Waals surface area (Å²) in [6.07, 6.45) is 2.13. The van der Waals surface area contributed by atoms with Crippen molar-refractivity contribution in [1.82, 2.24) is 4.90 Å². The number of hydrogen-bond acceptors (Lipinski definition) is 2. The van der Waals surface area contributed by atoms with Gasteiger partial charge in [-0.1, -0.05) is 22.6 Å². The summed E-state index contributed by atoms with van der Waals surface area (Å²) in [5.41, 5.74) is -0.380. The first-order valence-corrected chi connectivity index (χ1v) is 6.25. The molecule has 1 saturated heterocycles. The maximum atomic E-state index is 11.7. The molecule has 14 heavy (non-hydrogen) atoms. The van der Waals surface area contributed by atoms with Crippen LogP contribution in [0, 0.1) is 0 Å². The number of nitrogens with zero attached hydrogens (tertiary/aromatic N) is 1. The highest BCUT2D eigenvalue weighted by molar-refractivity contribution is 14.1. The second-order valence-electron chi connectivity index (χ2n) is 4.67. The molecule has 0 aromatic heterocycles. The molecule has 0 bridgehead atoms. The third kappa shape index (κ3) is 4.02. The van der Waals surface area contributed by atoms with Crippen LogP contribution in [0.5, 0.6) is 0 Å². The topological polar surface area (TPSA) is 29.5 Å². The minimum absolute atomic E-state index is 0.168. The van der Waals surface area contributed by atoms with Crippen LogP contribution < -0.4 is 0 Å². The molecule has 3 nitrogen and oxygen atoms in total. The molecule has 1 fully saturated rings. The lowest BCUT2D eigenvalue weighted by molar-refractivity contribution is 0.0224. The SMILES string of the molecule is CC(C)(C)OC(=O)N1CCC[C@@H](I)C1. The number of amides is 1. The Kier molecular flexibility index (Phi) is 4.04. The fourth-order valence-electron chi connectivity index (χ4n) is 1.42. The Morgan fingerprint density at radius 2 is 2.14 bits per heavy atom. The number of halogens is 1. The van der Waals surface area contributed by atoms with E-state index in [0.29, 0.717) is 3.92 Å². The quantitative estimate of drug-likeness (QED) is 0.508. The summed E-state index contributed by atoms with van der Waals surface area (Å²) in [6, 6.07) is 0. The van der Waals surface area contributed by atoms with E-state index in [4.69, 9.17) is 4.74 Å². The van der Waals surface area contributed by atoms with Gasteiger partial charge in [0.1, 0.15) is 5.60 Å². The Morgan fingerprint density at radius 3 is 2.64 bits per heavy atom. The summed E-state index contributed by atoms with van der Waals surface area (Å²) in [7, 11) is 0. The summed E-state index contributed by atoms with van der Waals surface area (Å²) in [4.78, 5) is 13.5. The van der Waals surface area contributed by atoms with Crippen molar-refractivity contribution in [1.29, 1.82) is 0 Å². The molecule has 1 amide bonds. The Labute approximate surface area is 99.3 Å². The van der Waals surface area contributed by atoms with Crippen molar-refractivity contribution in [3.63, 3.8) is 0 Å². The number of likely N-dealkylation sites (tertiary alicyclic amines) is 1. The van der Waals surface area contributed by atoms with Gasteiger partial charge in [0.15, 0.2) is 0 Å². The summed E-state index contributed by atoms with van der Waals surface area (Å²) in [5, 5.41) is 0. The van der Waals surface area contributed by atoms with E-state index in [2.05, 4.69) is 22.6 Å². The molecule has 1 heterocycles. The van der Waals surface area contributed by atoms with Gasteiger partial charge in [-0.3, -0.25) is 0 Å². The van der Waals surface area contributed by atoms with Crippen molar-refractivity contribution in [3.8, 4) is 0 Å². The second kappa shape index (κ2) is 4.68. The average molecular weight is 311 g/mol. The third-order valence-electron chi connectivity index (χ3n) is 2.02. The predicted octanol–water partition coefficient (Wildman–Crippen LogP) is 2.82. The second-order valence-corrected chi connectivity index (χ2v) is 6.43. The Morgan fingerprint density at radius 1 is 1.50 bits per heavy atom. The van der Waals surface area contributed by atoms with E-state index >= 15 is 0 Å². The molecule has 1 rings (SSSR count). The molecule has 0 aliphatic carbocycles. The Bertz CT molecular complexity index is 213. The van der Waals surface area contributed by atoms with Gasteiger partial charge in [-0.15, -0.1) is 0 Å². The maximum absolute atomic E-state index is 11.7. The lowest BCUT2D eigenvalue weighted by atomic mass is 10.1. The van der Waals surface area contributed by atoms with Crippen LogP contribution in [-0.2, 0) is 4.74 Å². The fraction of sp³-hybridized carbons (Fsp3) is 0.900. The standard InChI is InChI=1S/C10H18INO2/c1-10(2,3)14-9(13)12-6-4-5-8(11)7-12/h8H,4-7H2,1-3H3/t8-/m1/s1. The van der Waals surface area contributed by atoms with Gasteiger partial charge < -0.3 is 9.64 Å². The van der Waals surface area contributed by atoms with Crippen molar-refractivity contribution in [2.75, 3.05) is 13.1 Å². The number of carbonyl (C=O) groups is 1. The molecule has 1 aliphatic rings. The van der Waals surface area contributed by atoms with Crippen LogP contribution >= 0.6 is 22.6 Å². The van der Waals surface area contributed by atoms with Crippen LogP contribution in [-0.4, -0.2) is 33.6 Å². The van der Waals surface area contributed by atoms with Crippen LogP contribution in [0.4, 0.5) is 4.79 Å². The zero-order valence-electron chi connectivity index (χ0n) is 9.05. The van der Waals surface area contributed by atoms with Crippen molar-refractivity contribution in [2.24, 2.45) is 0 Å². The molecule has 1 atom stereocenters. The molecule has 4 heteroatoms. The van der Waals surface area contributed by atoms with Crippen LogP contribution in [0.25, 0.3) is 0 Å². The molecular formula is C10H18INO2. The zero-order chi connectivity index (χ0) is 10.8. The first-order valence-electron chi connectivity index (χ1n) is 5.00. The van der Waals surface area contributed by atoms with Crippen molar-refractivity contribution in [3.05, 3.63) is 0 Å². The average Bonchev–Trinajstić information content (AvgIpc) is 2.01. The van der Waals surface area contributed by atoms with Gasteiger partial charge in [0.25, 0.3) is 0 Å². The van der Waals surface area contributed by atoms with Crippen LogP contribution in [0.15, 0.2) is 0 Å². The largest absolute Gasteiger partial charge is 0.444 e. The molecule has 0 spiro atoms. The van der Waals surface area contributed by atoms with Crippen LogP contribution in [0.3, 0.4) is 0 Å². The monoisotopic (exact) mass is 311 g/mol. The lowest BCUT2D eigenvalue weighted by Gasteiger charge is -2.32. The molecule has 0 unspecified atom stereocenters. The van der Waals surface area contributed by atoms with E-state index in [1.54, 1.807) is 0 Å². The van der Waals surface area contributed by atoms with E-state index in [9.17, 15) is 4.79 Å². The molecule has 0 aromatic carbocycles. The third-order valence-corrected chi connectivity index (χ3v) is 3.03. The highest BCUT2D eigenvalue weighted by Gasteiger charge is 2.26. The molecule has 0 N–H and O–H groups in total. The number of rotatable bonds is 0. The molecular weight excluding hydrogens is 293 g/mol. The Balaban J connectivity index is 2.44. The van der Waals surface area contributed by atoms with Gasteiger partial charge >= 0.3 is 6.09 Å². The number of piperidine rings is 1. The normalized spacial score (nSPS) is 23.4. The smallest absolute Gasteiger partial charge is 0.410 e. The summed E-state index contributed by atoms with van der Waals surface area (Å²) < 4.78 is 5.89. The first kappa shape index (κ1) is 12.1. The van der Waals surface area contributed by atoms with Gasteiger partial charge in [0, 0.05) is 17.0 Å². The first-order chi connectivity index (χ1) is 6.38. The van der Waals surface area contributed by atoms with Gasteiger partial charge in [-0.05, 0) is 33.6 Å². The highest BCUT2D eigenvalue weighted by atomic mass is 127. The van der Waals surface area contributed by atoms with Gasteiger partial charge in [-0.25, -0.2) is 4.79 Å². The van der Waals surface area contributed by atoms with E-state index in [0.717, 1.165) is 19.5 Å². The zero-order valence-corrected chi connectivity index (χ0v) is 11.2. The summed E-state index contributed by atoms with van der Waals surface area (Å²) in [5.74, 6) is 0. The predicted molar refractivity (Wildman–Crippen MR) is 64.8 cm³/mol. The van der Waals surface area contributed by atoms with Gasteiger partial charge in [0.2, 0.25) is 0 Å². The summed E-state index contributed by atoms with van der Waals surface area (Å²) in [6.45, 7) is 7.37. The molecule has 0 aromatic rings. The Hall–Kier alpha value is 0. The molecule has 0 radical (unpaired) electrons. The van der Waals surface area contributed by atoms with E-state index in [1.165, 1.54) is 6.42 Å². The van der Waals surface area contributed by atoms with Gasteiger partial charge in [-0.2, -0.15) is 0 Å². The van der Waals surface area contributed by atoms with E-state index in [1.807, 2.05) is 25.7 Å². The lowest BCUT2D eigenvalue weighted by Crippen LogP contribution is -2.43. The minimum Gasteiger partial charge on any atom is -0.444 e. The molecule has 1 aliphatic heterocycles. The van der Waals surface area contributed by atoms with Crippen molar-refractivity contribution < 1.29 is 9.53 Å². The fourth-order valence-corrected chi connectivity index (χ4v) is 2.33. The van der Waals surface area contributed by atoms with Crippen LogP contribution in [0.1, 0.15) is 33.6 Å². The molecule has 0 saturated carbocycles. The number of ether oxygens (including phenoxy) is 1. The van der Waals surface area contributed by atoms with Crippen molar-refractivity contribution >= 4 is 28.7 Å². The molecule has 82 valence electrons. The van der Waals surface area contributed by atoms with Crippen molar-refractivity contribution in [2.45, 2.75) is 43.1 Å². The maximum Gasteiger partial charge on any atom is 0.410 e. The number of hydrogen-bond donors (Lipinski definition) is 0. The van der Waals surface area contributed by atoms with E-state index < -0.39 is 0 Å². The minimum atomic E-state index is -0.380. The summed E-state index contributed by atoms with van der Waals surface area (Å²) >= 11 is 2.39. The van der Waals surface area contributed by atoms with E-state index in [-0.39, 0.29) is 11.7 Å². The number of carbonyl (C=O) groups excluding carboxylic acids is 1. The number of alkyl halides is 1.